The van der Waals surface area contributed by atoms with Gasteiger partial charge in [-0.15, -0.1) is 0 Å². The highest BCUT2D eigenvalue weighted by molar-refractivity contribution is 5.88. The number of hydrogen-bond donors (Lipinski definition) is 2. The van der Waals surface area contributed by atoms with Crippen LogP contribution >= 0.6 is 0 Å². The number of nitrogens with one attached hydrogen (secondary N) is 2. The first kappa shape index (κ1) is 34.4. The molecule has 0 unspecified atom stereocenters. The first-order valence-corrected chi connectivity index (χ1v) is 19.1. The molecular weight excluding hydrogens is 677 g/mol. The van der Waals surface area contributed by atoms with Crippen molar-refractivity contribution in [2.45, 2.75) is 0 Å². The average molecular weight is 717 g/mol. The summed E-state index contributed by atoms with van der Waals surface area (Å²) in [5.41, 5.74) is 18.3. The van der Waals surface area contributed by atoms with Crippen molar-refractivity contribution in [1.29, 1.82) is 0 Å². The second-order valence-corrected chi connectivity index (χ2v) is 14.0. The molecule has 9 aromatic rings. The van der Waals surface area contributed by atoms with Crippen LogP contribution in [0.2, 0.25) is 0 Å². The van der Waals surface area contributed by atoms with Gasteiger partial charge in [0.25, 0.3) is 0 Å². The van der Waals surface area contributed by atoms with E-state index in [0.29, 0.717) is 0 Å². The van der Waals surface area contributed by atoms with Gasteiger partial charge in [0.2, 0.25) is 0 Å². The molecule has 0 bridgehead atoms. The van der Waals surface area contributed by atoms with E-state index in [1.807, 2.05) is 0 Å². The molecule has 0 saturated carbocycles. The Morgan fingerprint density at radius 3 is 0.857 bits per heavy atom. The van der Waals surface area contributed by atoms with E-state index in [4.69, 9.17) is 0 Å². The summed E-state index contributed by atoms with van der Waals surface area (Å²) < 4.78 is 0. The highest BCUT2D eigenvalue weighted by atomic mass is 14.9. The molecule has 0 amide bonds. The quantitative estimate of drug-likeness (QED) is 0.147. The molecule has 266 valence electrons. The Labute approximate surface area is 329 Å². The van der Waals surface area contributed by atoms with Gasteiger partial charge in [0.15, 0.2) is 0 Å². The molecule has 0 saturated heterocycles. The van der Waals surface area contributed by atoms with Crippen LogP contribution in [0.3, 0.4) is 0 Å². The molecule has 9 rings (SSSR count). The highest BCUT2D eigenvalue weighted by Crippen LogP contribution is 2.38. The minimum atomic E-state index is 1.05. The second-order valence-electron chi connectivity index (χ2n) is 14.0. The molecule has 9 aromatic carbocycles. The molecule has 56 heavy (non-hydrogen) atoms. The number of benzene rings is 9. The molecule has 0 spiro atoms. The standard InChI is InChI=1S/C54H40N2/c1-5-15-39(16-6-1)45-23-13-25-49(35-45)55-53-33-31-47(37-51(53)43-19-9-3-10-20-43)41-27-29-42(30-28-41)48-32-34-54(52(38-48)44-21-11-4-12-22-44)56-50-26-14-24-46(36-50)40-17-7-2-8-18-40/h1-38,55-56H. The molecule has 2 N–H and O–H groups in total. The van der Waals surface area contributed by atoms with E-state index in [0.717, 1.165) is 33.9 Å². The van der Waals surface area contributed by atoms with Crippen LogP contribution in [0.4, 0.5) is 22.7 Å². The largest absolute Gasteiger partial charge is 0.355 e. The summed E-state index contributed by atoms with van der Waals surface area (Å²) in [5, 5.41) is 7.47. The van der Waals surface area contributed by atoms with Gasteiger partial charge in [-0.05, 0) is 104 Å². The molecular formula is C54H40N2. The molecule has 0 atom stereocenters. The number of rotatable bonds is 10. The Hall–Kier alpha value is -7.42. The molecule has 0 fully saturated rings. The van der Waals surface area contributed by atoms with Crippen molar-refractivity contribution in [1.82, 2.24) is 0 Å². The van der Waals surface area contributed by atoms with Crippen LogP contribution in [0.15, 0.2) is 231 Å². The Morgan fingerprint density at radius 2 is 0.482 bits per heavy atom. The van der Waals surface area contributed by atoms with Crippen molar-refractivity contribution >= 4 is 22.7 Å². The van der Waals surface area contributed by atoms with Crippen molar-refractivity contribution < 1.29 is 0 Å². The fraction of sp³-hybridized carbons (Fsp3) is 0. The summed E-state index contributed by atoms with van der Waals surface area (Å²) >= 11 is 0. The summed E-state index contributed by atoms with van der Waals surface area (Å²) in [6.45, 7) is 0. The van der Waals surface area contributed by atoms with Gasteiger partial charge in [0, 0.05) is 33.9 Å². The van der Waals surface area contributed by atoms with E-state index in [2.05, 4.69) is 241 Å². The zero-order valence-corrected chi connectivity index (χ0v) is 30.9. The third kappa shape index (κ3) is 7.64. The smallest absolute Gasteiger partial charge is 0.0464 e. The van der Waals surface area contributed by atoms with Gasteiger partial charge >= 0.3 is 0 Å². The first-order chi connectivity index (χ1) is 27.7. The highest BCUT2D eigenvalue weighted by Gasteiger charge is 2.12. The normalized spacial score (nSPS) is 10.9. The van der Waals surface area contributed by atoms with Crippen LogP contribution in [0.1, 0.15) is 0 Å². The van der Waals surface area contributed by atoms with Gasteiger partial charge in [-0.1, -0.05) is 182 Å². The average Bonchev–Trinajstić information content (AvgIpc) is 3.28. The van der Waals surface area contributed by atoms with Crippen LogP contribution in [0.25, 0.3) is 66.8 Å². The molecule has 0 radical (unpaired) electrons. The van der Waals surface area contributed by atoms with E-state index < -0.39 is 0 Å². The Kier molecular flexibility index (Phi) is 9.75. The second kappa shape index (κ2) is 15.9. The van der Waals surface area contributed by atoms with Crippen molar-refractivity contribution in [3.63, 3.8) is 0 Å². The van der Waals surface area contributed by atoms with Crippen molar-refractivity contribution in [2.24, 2.45) is 0 Å². The lowest BCUT2D eigenvalue weighted by Gasteiger charge is -2.16. The molecule has 2 heteroatoms. The zero-order chi connectivity index (χ0) is 37.5. The molecule has 0 aliphatic carbocycles. The van der Waals surface area contributed by atoms with E-state index in [9.17, 15) is 0 Å². The van der Waals surface area contributed by atoms with Gasteiger partial charge in [0.05, 0.1) is 0 Å². The zero-order valence-electron chi connectivity index (χ0n) is 30.9. The van der Waals surface area contributed by atoms with Crippen LogP contribution in [0, 0.1) is 0 Å². The van der Waals surface area contributed by atoms with Gasteiger partial charge in [-0.25, -0.2) is 0 Å². The van der Waals surface area contributed by atoms with Crippen LogP contribution < -0.4 is 10.6 Å². The monoisotopic (exact) mass is 716 g/mol. The molecule has 0 aromatic heterocycles. The maximum atomic E-state index is 3.73. The first-order valence-electron chi connectivity index (χ1n) is 19.1. The van der Waals surface area contributed by atoms with E-state index in [1.54, 1.807) is 0 Å². The van der Waals surface area contributed by atoms with E-state index in [-0.39, 0.29) is 0 Å². The van der Waals surface area contributed by atoms with Gasteiger partial charge in [0.1, 0.15) is 0 Å². The van der Waals surface area contributed by atoms with Crippen LogP contribution in [-0.4, -0.2) is 0 Å². The summed E-state index contributed by atoms with van der Waals surface area (Å²) in [6, 6.07) is 81.9. The summed E-state index contributed by atoms with van der Waals surface area (Å²) in [7, 11) is 0. The Morgan fingerprint density at radius 1 is 0.196 bits per heavy atom. The van der Waals surface area contributed by atoms with Crippen molar-refractivity contribution in [3.05, 3.63) is 231 Å². The predicted molar refractivity (Wildman–Crippen MR) is 239 cm³/mol. The fourth-order valence-corrected chi connectivity index (χ4v) is 7.36. The molecule has 0 aliphatic rings. The Bertz CT molecular complexity index is 2510. The van der Waals surface area contributed by atoms with Crippen molar-refractivity contribution in [2.75, 3.05) is 10.6 Å². The molecule has 0 aliphatic heterocycles. The fourth-order valence-electron chi connectivity index (χ4n) is 7.36. The maximum Gasteiger partial charge on any atom is 0.0464 e. The lowest BCUT2D eigenvalue weighted by Crippen LogP contribution is -1.95. The summed E-state index contributed by atoms with van der Waals surface area (Å²) in [6.07, 6.45) is 0. The predicted octanol–water partition coefficient (Wildman–Crippen LogP) is 15.2. The number of hydrogen-bond acceptors (Lipinski definition) is 2. The van der Waals surface area contributed by atoms with Gasteiger partial charge in [-0.2, -0.15) is 0 Å². The van der Waals surface area contributed by atoms with Crippen molar-refractivity contribution in [3.8, 4) is 66.8 Å². The molecule has 0 heterocycles. The third-order valence-corrected chi connectivity index (χ3v) is 10.3. The Balaban J connectivity index is 1.01. The lowest BCUT2D eigenvalue weighted by atomic mass is 9.94. The lowest BCUT2D eigenvalue weighted by molar-refractivity contribution is 1.51. The van der Waals surface area contributed by atoms with Crippen LogP contribution in [-0.2, 0) is 0 Å². The summed E-state index contributed by atoms with van der Waals surface area (Å²) in [5.74, 6) is 0. The van der Waals surface area contributed by atoms with E-state index >= 15 is 0 Å². The SMILES string of the molecule is c1ccc(-c2cccc(Nc3ccc(-c4ccc(-c5ccc(Nc6cccc(-c7ccccc7)c6)c(-c6ccccc6)c5)cc4)cc3-c3ccccc3)c2)cc1. The van der Waals surface area contributed by atoms with Gasteiger partial charge < -0.3 is 10.6 Å². The number of anilines is 4. The van der Waals surface area contributed by atoms with Crippen LogP contribution in [0.5, 0.6) is 0 Å². The third-order valence-electron chi connectivity index (χ3n) is 10.3. The summed E-state index contributed by atoms with van der Waals surface area (Å²) in [4.78, 5) is 0. The van der Waals surface area contributed by atoms with E-state index in [1.165, 1.54) is 55.6 Å². The minimum Gasteiger partial charge on any atom is -0.355 e. The molecule has 2 nitrogen and oxygen atoms in total. The minimum absolute atomic E-state index is 1.05. The topological polar surface area (TPSA) is 24.1 Å². The maximum absolute atomic E-state index is 3.73. The van der Waals surface area contributed by atoms with Gasteiger partial charge in [-0.3, -0.25) is 0 Å².